The van der Waals surface area contributed by atoms with Crippen molar-refractivity contribution in [3.63, 3.8) is 0 Å². The van der Waals surface area contributed by atoms with Gasteiger partial charge < -0.3 is 5.73 Å². The van der Waals surface area contributed by atoms with Crippen LogP contribution in [0.4, 0.5) is 0 Å². The van der Waals surface area contributed by atoms with Crippen molar-refractivity contribution in [2.75, 3.05) is 11.5 Å². The Bertz CT molecular complexity index is 353. The Morgan fingerprint density at radius 2 is 1.40 bits per heavy atom. The molecule has 20 heavy (non-hydrogen) atoms. The van der Waals surface area contributed by atoms with E-state index in [0.29, 0.717) is 12.2 Å². The van der Waals surface area contributed by atoms with E-state index in [-0.39, 0.29) is 5.75 Å². The zero-order valence-electron chi connectivity index (χ0n) is 13.2. The molecule has 0 amide bonds. The van der Waals surface area contributed by atoms with E-state index in [1.165, 1.54) is 57.8 Å². The minimum atomic E-state index is -2.84. The third-order valence-electron chi connectivity index (χ3n) is 4.45. The highest BCUT2D eigenvalue weighted by Crippen LogP contribution is 2.26. The summed E-state index contributed by atoms with van der Waals surface area (Å²) in [5.41, 5.74) is 5.75. The third-order valence-corrected chi connectivity index (χ3v) is 6.29. The maximum Gasteiger partial charge on any atom is 0.152 e. The van der Waals surface area contributed by atoms with Gasteiger partial charge in [-0.1, -0.05) is 71.1 Å². The van der Waals surface area contributed by atoms with E-state index in [4.69, 9.17) is 5.73 Å². The van der Waals surface area contributed by atoms with Crippen molar-refractivity contribution in [2.45, 2.75) is 89.5 Å². The second-order valence-corrected chi connectivity index (χ2v) is 8.82. The molecule has 120 valence electrons. The van der Waals surface area contributed by atoms with Gasteiger partial charge in [-0.05, 0) is 12.8 Å². The molecule has 0 saturated carbocycles. The van der Waals surface area contributed by atoms with Crippen molar-refractivity contribution in [3.05, 3.63) is 0 Å². The molecule has 0 aliphatic carbocycles. The average Bonchev–Trinajstić information content (AvgIpc) is 2.66. The van der Waals surface area contributed by atoms with Crippen molar-refractivity contribution in [1.29, 1.82) is 0 Å². The molecule has 3 nitrogen and oxygen atoms in total. The summed E-state index contributed by atoms with van der Waals surface area (Å²) in [6, 6.07) is 0. The molecule has 2 N–H and O–H groups in total. The Hall–Kier alpha value is -0.0900. The van der Waals surface area contributed by atoms with Gasteiger partial charge in [0.1, 0.15) is 0 Å². The van der Waals surface area contributed by atoms with Gasteiger partial charge in [-0.3, -0.25) is 0 Å². The van der Waals surface area contributed by atoms with Crippen LogP contribution in [-0.4, -0.2) is 25.5 Å². The second kappa shape index (κ2) is 9.04. The minimum Gasteiger partial charge on any atom is -0.324 e. The maximum atomic E-state index is 11.4. The summed E-state index contributed by atoms with van der Waals surface area (Å²) in [5, 5.41) is 0. The van der Waals surface area contributed by atoms with E-state index in [1.807, 2.05) is 0 Å². The predicted octanol–water partition coefficient (Wildman–Crippen LogP) is 3.81. The van der Waals surface area contributed by atoms with Crippen LogP contribution in [-0.2, 0) is 9.84 Å². The van der Waals surface area contributed by atoms with E-state index in [2.05, 4.69) is 6.92 Å². The molecular formula is C16H33NO2S. The summed E-state index contributed by atoms with van der Waals surface area (Å²) in [5.74, 6) is 0.499. The molecule has 1 fully saturated rings. The standard InChI is InChI=1S/C16H33NO2S/c1-2-3-4-5-6-7-8-9-10-11-12-16(17)13-14-20(18,19)15-16/h2-15,17H2,1H3. The molecule has 0 aromatic heterocycles. The molecule has 1 atom stereocenters. The summed E-state index contributed by atoms with van der Waals surface area (Å²) in [6.45, 7) is 2.25. The monoisotopic (exact) mass is 303 g/mol. The van der Waals surface area contributed by atoms with Crippen molar-refractivity contribution in [3.8, 4) is 0 Å². The maximum absolute atomic E-state index is 11.4. The van der Waals surface area contributed by atoms with Gasteiger partial charge in [0.25, 0.3) is 0 Å². The van der Waals surface area contributed by atoms with Crippen LogP contribution in [0.3, 0.4) is 0 Å². The van der Waals surface area contributed by atoms with E-state index < -0.39 is 15.4 Å². The molecule has 0 aromatic carbocycles. The fraction of sp³-hybridized carbons (Fsp3) is 1.00. The minimum absolute atomic E-state index is 0.206. The van der Waals surface area contributed by atoms with E-state index in [1.54, 1.807) is 0 Å². The second-order valence-electron chi connectivity index (χ2n) is 6.64. The summed E-state index contributed by atoms with van der Waals surface area (Å²) >= 11 is 0. The van der Waals surface area contributed by atoms with Gasteiger partial charge in [-0.15, -0.1) is 0 Å². The summed E-state index contributed by atoms with van der Waals surface area (Å²) in [4.78, 5) is 0. The van der Waals surface area contributed by atoms with E-state index >= 15 is 0 Å². The average molecular weight is 304 g/mol. The van der Waals surface area contributed by atoms with Gasteiger partial charge >= 0.3 is 0 Å². The number of nitrogens with two attached hydrogens (primary N) is 1. The molecule has 4 heteroatoms. The van der Waals surface area contributed by atoms with E-state index in [9.17, 15) is 8.42 Å². The van der Waals surface area contributed by atoms with Gasteiger partial charge in [-0.25, -0.2) is 8.42 Å². The molecule has 1 unspecified atom stereocenters. The van der Waals surface area contributed by atoms with Gasteiger partial charge in [0, 0.05) is 5.54 Å². The van der Waals surface area contributed by atoms with Crippen LogP contribution in [0.1, 0.15) is 84.0 Å². The van der Waals surface area contributed by atoms with Crippen LogP contribution >= 0.6 is 0 Å². The highest BCUT2D eigenvalue weighted by Gasteiger charge is 2.38. The lowest BCUT2D eigenvalue weighted by Gasteiger charge is -2.21. The summed E-state index contributed by atoms with van der Waals surface area (Å²) in [7, 11) is -2.84. The molecule has 1 rings (SSSR count). The van der Waals surface area contributed by atoms with Crippen LogP contribution in [0.5, 0.6) is 0 Å². The quantitative estimate of drug-likeness (QED) is 0.590. The third kappa shape index (κ3) is 7.63. The van der Waals surface area contributed by atoms with Crippen LogP contribution in [0, 0.1) is 0 Å². The molecule has 1 saturated heterocycles. The Labute approximate surface area is 125 Å². The fourth-order valence-corrected chi connectivity index (χ4v) is 5.13. The lowest BCUT2D eigenvalue weighted by molar-refractivity contribution is 0.414. The Balaban J connectivity index is 1.93. The highest BCUT2D eigenvalue weighted by molar-refractivity contribution is 7.91. The fourth-order valence-electron chi connectivity index (χ4n) is 3.10. The first-order chi connectivity index (χ1) is 9.47. The van der Waals surface area contributed by atoms with Crippen molar-refractivity contribution >= 4 is 9.84 Å². The zero-order valence-corrected chi connectivity index (χ0v) is 14.0. The molecule has 0 bridgehead atoms. The normalized spacial score (nSPS) is 25.1. The van der Waals surface area contributed by atoms with Gasteiger partial charge in [0.2, 0.25) is 0 Å². The smallest absolute Gasteiger partial charge is 0.152 e. The molecule has 0 aromatic rings. The molecule has 1 heterocycles. The van der Waals surface area contributed by atoms with Gasteiger partial charge in [0.05, 0.1) is 11.5 Å². The number of sulfone groups is 1. The highest BCUT2D eigenvalue weighted by atomic mass is 32.2. The lowest BCUT2D eigenvalue weighted by atomic mass is 9.92. The number of unbranched alkanes of at least 4 members (excludes halogenated alkanes) is 9. The van der Waals surface area contributed by atoms with Crippen molar-refractivity contribution in [1.82, 2.24) is 0 Å². The first-order valence-corrected chi connectivity index (χ1v) is 10.3. The van der Waals surface area contributed by atoms with E-state index in [0.717, 1.165) is 12.8 Å². The van der Waals surface area contributed by atoms with Crippen molar-refractivity contribution < 1.29 is 8.42 Å². The van der Waals surface area contributed by atoms with Crippen LogP contribution in [0.2, 0.25) is 0 Å². The predicted molar refractivity (Wildman–Crippen MR) is 86.7 cm³/mol. The zero-order chi connectivity index (χ0) is 14.9. The number of hydrogen-bond acceptors (Lipinski definition) is 3. The summed E-state index contributed by atoms with van der Waals surface area (Å²) < 4.78 is 22.9. The Morgan fingerprint density at radius 3 is 1.85 bits per heavy atom. The first kappa shape index (κ1) is 18.0. The first-order valence-electron chi connectivity index (χ1n) is 8.47. The lowest BCUT2D eigenvalue weighted by Crippen LogP contribution is -2.40. The SMILES string of the molecule is CCCCCCCCCCCCC1(N)CCS(=O)(=O)C1. The topological polar surface area (TPSA) is 60.2 Å². The molecular weight excluding hydrogens is 270 g/mol. The molecule has 0 spiro atoms. The number of rotatable bonds is 11. The summed E-state index contributed by atoms with van der Waals surface area (Å²) in [6.07, 6.45) is 14.6. The number of hydrogen-bond donors (Lipinski definition) is 1. The van der Waals surface area contributed by atoms with Gasteiger partial charge in [0.15, 0.2) is 9.84 Å². The largest absolute Gasteiger partial charge is 0.324 e. The molecule has 0 radical (unpaired) electrons. The van der Waals surface area contributed by atoms with Crippen LogP contribution < -0.4 is 5.73 Å². The Morgan fingerprint density at radius 1 is 0.900 bits per heavy atom. The molecule has 1 aliphatic rings. The van der Waals surface area contributed by atoms with Crippen LogP contribution in [0.25, 0.3) is 0 Å². The van der Waals surface area contributed by atoms with Gasteiger partial charge in [-0.2, -0.15) is 0 Å². The van der Waals surface area contributed by atoms with Crippen LogP contribution in [0.15, 0.2) is 0 Å². The Kier molecular flexibility index (Phi) is 8.11. The molecule has 1 aliphatic heterocycles. The van der Waals surface area contributed by atoms with Crippen molar-refractivity contribution in [2.24, 2.45) is 5.73 Å².